The van der Waals surface area contributed by atoms with Crippen LogP contribution in [-0.4, -0.2) is 11.7 Å². The van der Waals surface area contributed by atoms with E-state index in [-0.39, 0.29) is 18.3 Å². The fourth-order valence-corrected chi connectivity index (χ4v) is 1.93. The third-order valence-electron chi connectivity index (χ3n) is 3.10. The number of benzene rings is 2. The highest BCUT2D eigenvalue weighted by Crippen LogP contribution is 2.19. The molecule has 0 aliphatic heterocycles. The average Bonchev–Trinajstić information content (AvgIpc) is 2.53. The largest absolute Gasteiger partial charge is 0.384 e. The minimum atomic E-state index is -0.393. The molecular formula is C18H17FO2. The van der Waals surface area contributed by atoms with Crippen LogP contribution in [-0.2, 0) is 11.3 Å². The second-order valence-corrected chi connectivity index (χ2v) is 4.64. The molecule has 0 spiro atoms. The molecule has 2 nitrogen and oxygen atoms in total. The molecule has 0 aromatic heterocycles. The van der Waals surface area contributed by atoms with Gasteiger partial charge in [0.25, 0.3) is 0 Å². The van der Waals surface area contributed by atoms with Crippen molar-refractivity contribution >= 4 is 0 Å². The summed E-state index contributed by atoms with van der Waals surface area (Å²) in [5, 5.41) is 8.67. The Morgan fingerprint density at radius 2 is 1.95 bits per heavy atom. The van der Waals surface area contributed by atoms with Crippen molar-refractivity contribution in [1.82, 2.24) is 0 Å². The van der Waals surface area contributed by atoms with Crippen LogP contribution in [0.2, 0.25) is 0 Å². The van der Waals surface area contributed by atoms with Crippen LogP contribution in [0.15, 0.2) is 48.5 Å². The quantitative estimate of drug-likeness (QED) is 0.871. The van der Waals surface area contributed by atoms with Crippen LogP contribution in [0.25, 0.3) is 0 Å². The van der Waals surface area contributed by atoms with Crippen LogP contribution in [0.3, 0.4) is 0 Å². The molecule has 21 heavy (non-hydrogen) atoms. The summed E-state index contributed by atoms with van der Waals surface area (Å²) in [6.45, 7) is 2.07. The van der Waals surface area contributed by atoms with Gasteiger partial charge in [-0.2, -0.15) is 0 Å². The van der Waals surface area contributed by atoms with Crippen molar-refractivity contribution < 1.29 is 14.2 Å². The van der Waals surface area contributed by atoms with Gasteiger partial charge >= 0.3 is 0 Å². The van der Waals surface area contributed by atoms with E-state index in [4.69, 9.17) is 9.84 Å². The van der Waals surface area contributed by atoms with Gasteiger partial charge in [-0.05, 0) is 30.2 Å². The topological polar surface area (TPSA) is 29.5 Å². The lowest BCUT2D eigenvalue weighted by Gasteiger charge is -2.13. The van der Waals surface area contributed by atoms with E-state index in [9.17, 15) is 4.39 Å². The normalized spacial score (nSPS) is 11.6. The first kappa shape index (κ1) is 15.2. The highest BCUT2D eigenvalue weighted by atomic mass is 19.1. The summed E-state index contributed by atoms with van der Waals surface area (Å²) >= 11 is 0. The Kier molecular flexibility index (Phi) is 5.51. The van der Waals surface area contributed by atoms with Crippen molar-refractivity contribution in [3.8, 4) is 11.8 Å². The fraction of sp³-hybridized carbons (Fsp3) is 0.222. The highest BCUT2D eigenvalue weighted by Gasteiger charge is 2.06. The smallest absolute Gasteiger partial charge is 0.138 e. The van der Waals surface area contributed by atoms with Gasteiger partial charge in [0.15, 0.2) is 0 Å². The van der Waals surface area contributed by atoms with E-state index in [0.717, 1.165) is 11.1 Å². The maximum absolute atomic E-state index is 13.5. The number of hydrogen-bond acceptors (Lipinski definition) is 2. The summed E-state index contributed by atoms with van der Waals surface area (Å²) in [5.74, 6) is 4.65. The number of aliphatic hydroxyl groups is 1. The Labute approximate surface area is 124 Å². The van der Waals surface area contributed by atoms with Crippen LogP contribution in [0.5, 0.6) is 0 Å². The molecule has 0 radical (unpaired) electrons. The predicted molar refractivity (Wildman–Crippen MR) is 80.0 cm³/mol. The van der Waals surface area contributed by atoms with Crippen LogP contribution in [0.4, 0.5) is 4.39 Å². The van der Waals surface area contributed by atoms with Crippen molar-refractivity contribution in [3.63, 3.8) is 0 Å². The van der Waals surface area contributed by atoms with Gasteiger partial charge in [-0.3, -0.25) is 0 Å². The van der Waals surface area contributed by atoms with E-state index in [1.165, 1.54) is 6.07 Å². The lowest BCUT2D eigenvalue weighted by Crippen LogP contribution is -2.01. The van der Waals surface area contributed by atoms with Crippen molar-refractivity contribution in [2.24, 2.45) is 0 Å². The van der Waals surface area contributed by atoms with Crippen LogP contribution < -0.4 is 0 Å². The van der Waals surface area contributed by atoms with Crippen LogP contribution >= 0.6 is 0 Å². The zero-order valence-electron chi connectivity index (χ0n) is 11.8. The van der Waals surface area contributed by atoms with E-state index in [1.54, 1.807) is 12.1 Å². The maximum Gasteiger partial charge on any atom is 0.138 e. The molecule has 0 aliphatic rings. The minimum Gasteiger partial charge on any atom is -0.384 e. The number of hydrogen-bond donors (Lipinski definition) is 1. The van der Waals surface area contributed by atoms with Crippen molar-refractivity contribution in [1.29, 1.82) is 0 Å². The molecule has 0 fully saturated rings. The molecular weight excluding hydrogens is 267 g/mol. The second-order valence-electron chi connectivity index (χ2n) is 4.64. The zero-order chi connectivity index (χ0) is 15.1. The van der Waals surface area contributed by atoms with Gasteiger partial charge < -0.3 is 9.84 Å². The molecule has 0 bridgehead atoms. The standard InChI is InChI=1S/C18H17FO2/c1-14(16-6-3-2-4-7-16)21-13-15-9-10-18(19)17(12-15)8-5-11-20/h2-4,6-7,9-10,12,14,20H,11,13H2,1H3. The Morgan fingerprint density at radius 3 is 2.67 bits per heavy atom. The molecule has 1 atom stereocenters. The maximum atomic E-state index is 13.5. The molecule has 108 valence electrons. The Hall–Kier alpha value is -2.15. The highest BCUT2D eigenvalue weighted by molar-refractivity contribution is 5.38. The van der Waals surface area contributed by atoms with Crippen LogP contribution in [0.1, 0.15) is 29.7 Å². The van der Waals surface area contributed by atoms with E-state index < -0.39 is 5.82 Å². The summed E-state index contributed by atoms with van der Waals surface area (Å²) in [4.78, 5) is 0. The van der Waals surface area contributed by atoms with Gasteiger partial charge in [-0.1, -0.05) is 48.2 Å². The number of aliphatic hydroxyl groups excluding tert-OH is 1. The molecule has 2 aromatic rings. The molecule has 0 aliphatic carbocycles. The molecule has 2 rings (SSSR count). The third kappa shape index (κ3) is 4.42. The lowest BCUT2D eigenvalue weighted by atomic mass is 10.1. The van der Waals surface area contributed by atoms with Gasteiger partial charge in [-0.25, -0.2) is 4.39 Å². The van der Waals surface area contributed by atoms with E-state index in [1.807, 2.05) is 37.3 Å². The molecule has 3 heteroatoms. The minimum absolute atomic E-state index is 0.0387. The van der Waals surface area contributed by atoms with Crippen LogP contribution in [0, 0.1) is 17.7 Å². The van der Waals surface area contributed by atoms with Crippen molar-refractivity contribution in [2.75, 3.05) is 6.61 Å². The Bertz CT molecular complexity index is 641. The Balaban J connectivity index is 2.03. The predicted octanol–water partition coefficient (Wildman–Crippen LogP) is 3.45. The molecule has 0 heterocycles. The number of halogens is 1. The summed E-state index contributed by atoms with van der Waals surface area (Å²) in [6.07, 6.45) is -0.0387. The summed E-state index contributed by atoms with van der Waals surface area (Å²) in [5.41, 5.74) is 2.22. The molecule has 0 saturated heterocycles. The summed E-state index contributed by atoms with van der Waals surface area (Å²) < 4.78 is 19.3. The van der Waals surface area contributed by atoms with E-state index in [0.29, 0.717) is 6.61 Å². The van der Waals surface area contributed by atoms with Gasteiger partial charge in [0.2, 0.25) is 0 Å². The lowest BCUT2D eigenvalue weighted by molar-refractivity contribution is 0.0525. The summed E-state index contributed by atoms with van der Waals surface area (Å²) in [7, 11) is 0. The fourth-order valence-electron chi connectivity index (χ4n) is 1.93. The number of rotatable bonds is 4. The van der Waals surface area contributed by atoms with Gasteiger partial charge in [0, 0.05) is 0 Å². The van der Waals surface area contributed by atoms with E-state index in [2.05, 4.69) is 11.8 Å². The first-order chi connectivity index (χ1) is 10.2. The van der Waals surface area contributed by atoms with Crippen molar-refractivity contribution in [2.45, 2.75) is 19.6 Å². The Morgan fingerprint density at radius 1 is 1.19 bits per heavy atom. The molecule has 2 aromatic carbocycles. The van der Waals surface area contributed by atoms with Gasteiger partial charge in [0.05, 0.1) is 18.3 Å². The molecule has 0 saturated carbocycles. The van der Waals surface area contributed by atoms with Gasteiger partial charge in [-0.15, -0.1) is 0 Å². The molecule has 1 unspecified atom stereocenters. The summed E-state index contributed by atoms with van der Waals surface area (Å²) in [6, 6.07) is 14.6. The first-order valence-corrected chi connectivity index (χ1v) is 6.75. The zero-order valence-corrected chi connectivity index (χ0v) is 11.8. The third-order valence-corrected chi connectivity index (χ3v) is 3.10. The monoisotopic (exact) mass is 284 g/mol. The van der Waals surface area contributed by atoms with E-state index >= 15 is 0 Å². The van der Waals surface area contributed by atoms with Crippen molar-refractivity contribution in [3.05, 3.63) is 71.0 Å². The SMILES string of the molecule is CC(OCc1ccc(F)c(C#CCO)c1)c1ccccc1. The number of ether oxygens (including phenoxy) is 1. The molecule has 0 amide bonds. The van der Waals surface area contributed by atoms with Gasteiger partial charge in [0.1, 0.15) is 12.4 Å². The second kappa shape index (κ2) is 7.58. The average molecular weight is 284 g/mol. The first-order valence-electron chi connectivity index (χ1n) is 6.75. The molecule has 1 N–H and O–H groups in total.